The third kappa shape index (κ3) is 3.25. The van der Waals surface area contributed by atoms with Gasteiger partial charge in [0, 0.05) is 16.2 Å². The van der Waals surface area contributed by atoms with Gasteiger partial charge in [-0.15, -0.1) is 0 Å². The summed E-state index contributed by atoms with van der Waals surface area (Å²) in [5.74, 6) is 0. The molecular weight excluding hydrogens is 332 g/mol. The maximum Gasteiger partial charge on any atom is 0.264 e. The standard InChI is InChI=1S/C18H10N2O.3C2H6/c21-18-13-8-4-6-11-5-3-7-12(16(11)13)17-19-14-9-1-2-10-15(14)20(17)18;3*1-2/h1-10H;3*1-2H3. The van der Waals surface area contributed by atoms with Crippen molar-refractivity contribution in [2.24, 2.45) is 0 Å². The van der Waals surface area contributed by atoms with Crippen LogP contribution >= 0.6 is 0 Å². The lowest BCUT2D eigenvalue weighted by Gasteiger charge is -2.06. The maximum atomic E-state index is 12.9. The summed E-state index contributed by atoms with van der Waals surface area (Å²) in [7, 11) is 0. The minimum atomic E-state index is 0.00278. The van der Waals surface area contributed by atoms with Crippen molar-refractivity contribution in [2.45, 2.75) is 41.5 Å². The van der Waals surface area contributed by atoms with Crippen LogP contribution in [0.1, 0.15) is 41.5 Å². The van der Waals surface area contributed by atoms with Crippen LogP contribution < -0.4 is 5.56 Å². The molecule has 0 fully saturated rings. The van der Waals surface area contributed by atoms with Gasteiger partial charge in [-0.1, -0.05) is 84.0 Å². The Morgan fingerprint density at radius 3 is 1.96 bits per heavy atom. The Balaban J connectivity index is 0.000000400. The van der Waals surface area contributed by atoms with Gasteiger partial charge in [-0.05, 0) is 23.6 Å². The molecule has 0 bridgehead atoms. The van der Waals surface area contributed by atoms with Crippen molar-refractivity contribution in [3.63, 3.8) is 0 Å². The lowest BCUT2D eigenvalue weighted by atomic mass is 10.0. The Morgan fingerprint density at radius 2 is 1.30 bits per heavy atom. The van der Waals surface area contributed by atoms with E-state index in [9.17, 15) is 4.79 Å². The second-order valence-electron chi connectivity index (χ2n) is 5.27. The summed E-state index contributed by atoms with van der Waals surface area (Å²) in [5.41, 5.74) is 2.46. The Kier molecular flexibility index (Phi) is 6.89. The van der Waals surface area contributed by atoms with Crippen LogP contribution in [-0.2, 0) is 0 Å². The van der Waals surface area contributed by atoms with Gasteiger partial charge in [-0.3, -0.25) is 9.20 Å². The van der Waals surface area contributed by atoms with Crippen LogP contribution in [0.5, 0.6) is 0 Å². The number of para-hydroxylation sites is 2. The second-order valence-corrected chi connectivity index (χ2v) is 5.27. The van der Waals surface area contributed by atoms with Crippen molar-refractivity contribution in [1.82, 2.24) is 9.38 Å². The molecule has 2 aromatic heterocycles. The molecule has 0 radical (unpaired) electrons. The van der Waals surface area contributed by atoms with E-state index < -0.39 is 0 Å². The average Bonchev–Trinajstić information content (AvgIpc) is 3.16. The van der Waals surface area contributed by atoms with E-state index >= 15 is 0 Å². The molecule has 5 aromatic rings. The predicted octanol–water partition coefficient (Wildman–Crippen LogP) is 6.67. The van der Waals surface area contributed by atoms with Gasteiger partial charge in [0.25, 0.3) is 5.56 Å². The largest absolute Gasteiger partial charge is 0.268 e. The highest BCUT2D eigenvalue weighted by Crippen LogP contribution is 2.29. The smallest absolute Gasteiger partial charge is 0.264 e. The van der Waals surface area contributed by atoms with Crippen LogP contribution in [-0.4, -0.2) is 9.38 Å². The van der Waals surface area contributed by atoms with Crippen molar-refractivity contribution >= 4 is 38.2 Å². The molecule has 2 heterocycles. The van der Waals surface area contributed by atoms with Crippen molar-refractivity contribution in [1.29, 1.82) is 0 Å². The van der Waals surface area contributed by atoms with Crippen molar-refractivity contribution < 1.29 is 0 Å². The Hall–Kier alpha value is -2.94. The van der Waals surface area contributed by atoms with Gasteiger partial charge >= 0.3 is 0 Å². The molecule has 0 aliphatic carbocycles. The molecular formula is C24H28N2O. The number of nitrogens with zero attached hydrogens (tertiary/aromatic N) is 2. The molecule has 0 spiro atoms. The molecule has 3 nitrogen and oxygen atoms in total. The Bertz CT molecular complexity index is 1200. The molecule has 0 atom stereocenters. The molecule has 0 aliphatic heterocycles. The summed E-state index contributed by atoms with van der Waals surface area (Å²) in [5, 5.41) is 3.86. The molecule has 27 heavy (non-hydrogen) atoms. The van der Waals surface area contributed by atoms with Crippen LogP contribution in [0.4, 0.5) is 0 Å². The number of imidazole rings is 1. The molecule has 0 N–H and O–H groups in total. The Morgan fingerprint density at radius 1 is 0.704 bits per heavy atom. The molecule has 0 saturated carbocycles. The summed E-state index contributed by atoms with van der Waals surface area (Å²) in [6.45, 7) is 12.0. The lowest BCUT2D eigenvalue weighted by Crippen LogP contribution is -2.13. The zero-order chi connectivity index (χ0) is 20.0. The number of pyridine rings is 1. The van der Waals surface area contributed by atoms with Gasteiger partial charge in [0.2, 0.25) is 0 Å². The third-order valence-electron chi connectivity index (χ3n) is 4.14. The minimum absolute atomic E-state index is 0.00278. The van der Waals surface area contributed by atoms with Gasteiger partial charge in [-0.2, -0.15) is 0 Å². The first-order valence-electron chi connectivity index (χ1n) is 9.89. The van der Waals surface area contributed by atoms with Crippen LogP contribution in [0.3, 0.4) is 0 Å². The number of fused-ring (bicyclic) bond motifs is 4. The number of hydrogen-bond acceptors (Lipinski definition) is 2. The molecule has 140 valence electrons. The van der Waals surface area contributed by atoms with E-state index in [4.69, 9.17) is 0 Å². The molecule has 5 rings (SSSR count). The molecule has 0 amide bonds. The van der Waals surface area contributed by atoms with Crippen molar-refractivity contribution in [2.75, 3.05) is 0 Å². The van der Waals surface area contributed by atoms with Gasteiger partial charge in [-0.25, -0.2) is 4.98 Å². The van der Waals surface area contributed by atoms with E-state index in [-0.39, 0.29) is 5.56 Å². The summed E-state index contributed by atoms with van der Waals surface area (Å²) in [6.07, 6.45) is 0. The normalized spacial score (nSPS) is 10.0. The van der Waals surface area contributed by atoms with E-state index in [1.54, 1.807) is 4.40 Å². The quantitative estimate of drug-likeness (QED) is 0.309. The number of rotatable bonds is 0. The maximum absolute atomic E-state index is 12.9. The minimum Gasteiger partial charge on any atom is -0.268 e. The first kappa shape index (κ1) is 20.4. The van der Waals surface area contributed by atoms with Gasteiger partial charge in [0.15, 0.2) is 0 Å². The summed E-state index contributed by atoms with van der Waals surface area (Å²) in [4.78, 5) is 17.6. The van der Waals surface area contributed by atoms with E-state index in [1.807, 2.05) is 102 Å². The third-order valence-corrected chi connectivity index (χ3v) is 4.14. The Labute approximate surface area is 160 Å². The van der Waals surface area contributed by atoms with Crippen molar-refractivity contribution in [3.8, 4) is 0 Å². The summed E-state index contributed by atoms with van der Waals surface area (Å²) in [6, 6.07) is 19.7. The fourth-order valence-electron chi connectivity index (χ4n) is 3.24. The van der Waals surface area contributed by atoms with Crippen LogP contribution in [0.2, 0.25) is 0 Å². The van der Waals surface area contributed by atoms with Crippen molar-refractivity contribution in [3.05, 3.63) is 71.0 Å². The number of benzene rings is 3. The number of aromatic nitrogens is 2. The summed E-state index contributed by atoms with van der Waals surface area (Å²) >= 11 is 0. The number of hydrogen-bond donors (Lipinski definition) is 0. The highest BCUT2D eigenvalue weighted by Gasteiger charge is 2.14. The topological polar surface area (TPSA) is 34.4 Å². The van der Waals surface area contributed by atoms with E-state index in [0.717, 1.165) is 38.2 Å². The zero-order valence-corrected chi connectivity index (χ0v) is 17.1. The van der Waals surface area contributed by atoms with Gasteiger partial charge in [0.1, 0.15) is 5.65 Å². The molecule has 0 unspecified atom stereocenters. The highest BCUT2D eigenvalue weighted by molar-refractivity contribution is 6.15. The van der Waals surface area contributed by atoms with Gasteiger partial charge in [0.05, 0.1) is 11.0 Å². The second kappa shape index (κ2) is 9.13. The van der Waals surface area contributed by atoms with Crippen LogP contribution in [0.25, 0.3) is 38.2 Å². The summed E-state index contributed by atoms with van der Waals surface area (Å²) < 4.78 is 1.73. The SMILES string of the molecule is CC.CC.CC.O=c1c2cccc3cccc(c32)c2nc3ccccc3n12. The lowest BCUT2D eigenvalue weighted by molar-refractivity contribution is 1.19. The zero-order valence-electron chi connectivity index (χ0n) is 17.1. The first-order chi connectivity index (χ1) is 13.3. The van der Waals surface area contributed by atoms with E-state index in [0.29, 0.717) is 0 Å². The molecule has 0 saturated heterocycles. The fraction of sp³-hybridized carbons (Fsp3) is 0.250. The van der Waals surface area contributed by atoms with E-state index in [1.165, 1.54) is 0 Å². The van der Waals surface area contributed by atoms with E-state index in [2.05, 4.69) is 4.98 Å². The molecule has 3 aromatic carbocycles. The highest BCUT2D eigenvalue weighted by atomic mass is 16.1. The van der Waals surface area contributed by atoms with Gasteiger partial charge < -0.3 is 0 Å². The predicted molar refractivity (Wildman–Crippen MR) is 119 cm³/mol. The molecule has 3 heteroatoms. The fourth-order valence-corrected chi connectivity index (χ4v) is 3.24. The van der Waals surface area contributed by atoms with Crippen LogP contribution in [0.15, 0.2) is 65.5 Å². The first-order valence-corrected chi connectivity index (χ1v) is 9.89. The average molecular weight is 361 g/mol. The molecule has 0 aliphatic rings. The van der Waals surface area contributed by atoms with Crippen LogP contribution in [0, 0.1) is 0 Å². The monoisotopic (exact) mass is 360 g/mol.